The lowest BCUT2D eigenvalue weighted by Crippen LogP contribution is -2.56. The Labute approximate surface area is 213 Å². The number of thioether (sulfide) groups is 1. The summed E-state index contributed by atoms with van der Waals surface area (Å²) in [4.78, 5) is 31.6. The summed E-state index contributed by atoms with van der Waals surface area (Å²) in [5.41, 5.74) is 0.827. The van der Waals surface area contributed by atoms with Crippen molar-refractivity contribution in [3.63, 3.8) is 0 Å². The van der Waals surface area contributed by atoms with E-state index in [0.717, 1.165) is 49.0 Å². The highest BCUT2D eigenvalue weighted by Gasteiger charge is 2.42. The number of thiophene rings is 1. The average molecular weight is 528 g/mol. The van der Waals surface area contributed by atoms with Gasteiger partial charge in [-0.2, -0.15) is 0 Å². The molecule has 2 aliphatic heterocycles. The van der Waals surface area contributed by atoms with Crippen molar-refractivity contribution < 1.29 is 9.59 Å². The van der Waals surface area contributed by atoms with Crippen molar-refractivity contribution in [1.82, 2.24) is 20.4 Å². The first-order valence-electron chi connectivity index (χ1n) is 10.9. The second kappa shape index (κ2) is 10.5. The summed E-state index contributed by atoms with van der Waals surface area (Å²) < 4.78 is -0.0684. The molecule has 1 aromatic heterocycles. The summed E-state index contributed by atoms with van der Waals surface area (Å²) in [6, 6.07) is 9.01. The van der Waals surface area contributed by atoms with Crippen LogP contribution in [0, 0.1) is 0 Å². The number of amides is 2. The molecule has 3 heterocycles. The number of carbonyl (C=O) groups excluding carboxylic acids is 2. The predicted molar refractivity (Wildman–Crippen MR) is 137 cm³/mol. The highest BCUT2D eigenvalue weighted by molar-refractivity contribution is 8.00. The van der Waals surface area contributed by atoms with Gasteiger partial charge in [-0.05, 0) is 43.7 Å². The Morgan fingerprint density at radius 1 is 1.15 bits per heavy atom. The van der Waals surface area contributed by atoms with E-state index in [4.69, 9.17) is 23.2 Å². The average Bonchev–Trinajstić information content (AvgIpc) is 3.39. The van der Waals surface area contributed by atoms with Crippen LogP contribution >= 0.6 is 46.3 Å². The van der Waals surface area contributed by atoms with Crippen LogP contribution < -0.4 is 10.6 Å². The minimum atomic E-state index is -0.116. The fraction of sp³-hybridized carbons (Fsp3) is 0.478. The third kappa shape index (κ3) is 6.05. The minimum Gasteiger partial charge on any atom is -0.347 e. The standard InChI is InChI=1S/C23H28Cl2N4O2S2/c1-23(2)20(27-14-32-23)22(31)29-9-7-28(8-10-29)13-17-5-6-19(33-17)21(30)26-12-15-3-4-16(24)11-18(15)25/h3-6,11,20,27H,7-10,12-14H2,1-2H3,(H,26,30)/t20-/m0/s1. The van der Waals surface area contributed by atoms with Crippen LogP contribution in [-0.2, 0) is 17.9 Å². The van der Waals surface area contributed by atoms with Crippen LogP contribution in [0.5, 0.6) is 0 Å². The Bertz CT molecular complexity index is 1020. The molecule has 0 radical (unpaired) electrons. The maximum Gasteiger partial charge on any atom is 0.261 e. The SMILES string of the molecule is CC1(C)SCN[C@H]1C(=O)N1CCN(Cc2ccc(C(=O)NCc3ccc(Cl)cc3Cl)s2)CC1. The molecule has 0 bridgehead atoms. The number of benzene rings is 1. The zero-order valence-electron chi connectivity index (χ0n) is 18.7. The van der Waals surface area contributed by atoms with E-state index in [-0.39, 0.29) is 22.6 Å². The predicted octanol–water partition coefficient (Wildman–Crippen LogP) is 4.07. The molecule has 10 heteroatoms. The number of carbonyl (C=O) groups is 2. The van der Waals surface area contributed by atoms with Crippen LogP contribution in [0.2, 0.25) is 10.0 Å². The molecule has 0 saturated carbocycles. The first kappa shape index (κ1) is 24.8. The first-order valence-corrected chi connectivity index (χ1v) is 13.5. The lowest BCUT2D eigenvalue weighted by atomic mass is 10.0. The summed E-state index contributed by atoms with van der Waals surface area (Å²) in [5.74, 6) is 0.919. The highest BCUT2D eigenvalue weighted by atomic mass is 35.5. The molecule has 6 nitrogen and oxygen atoms in total. The Balaban J connectivity index is 1.25. The number of piperazine rings is 1. The molecule has 1 atom stereocenters. The Morgan fingerprint density at radius 2 is 1.91 bits per heavy atom. The van der Waals surface area contributed by atoms with Gasteiger partial charge in [-0.3, -0.25) is 19.8 Å². The van der Waals surface area contributed by atoms with Crippen LogP contribution in [0.3, 0.4) is 0 Å². The zero-order chi connectivity index (χ0) is 23.6. The maximum absolute atomic E-state index is 12.9. The van der Waals surface area contributed by atoms with Crippen LogP contribution in [0.4, 0.5) is 0 Å². The van der Waals surface area contributed by atoms with Crippen molar-refractivity contribution >= 4 is 58.1 Å². The first-order chi connectivity index (χ1) is 15.7. The van der Waals surface area contributed by atoms with Crippen LogP contribution in [0.1, 0.15) is 34.0 Å². The normalized spacial score (nSPS) is 20.7. The smallest absolute Gasteiger partial charge is 0.261 e. The highest BCUT2D eigenvalue weighted by Crippen LogP contribution is 2.34. The van der Waals surface area contributed by atoms with E-state index >= 15 is 0 Å². The molecule has 2 saturated heterocycles. The molecule has 1 aromatic carbocycles. The number of nitrogens with zero attached hydrogens (tertiary/aromatic N) is 2. The molecular formula is C23H28Cl2N4O2S2. The Hall–Kier alpha value is -1.29. The summed E-state index contributed by atoms with van der Waals surface area (Å²) in [7, 11) is 0. The van der Waals surface area contributed by atoms with Gasteiger partial charge in [0, 0.05) is 64.8 Å². The van der Waals surface area contributed by atoms with E-state index in [1.807, 2.05) is 23.1 Å². The summed E-state index contributed by atoms with van der Waals surface area (Å²) >= 11 is 15.4. The number of hydrogen-bond acceptors (Lipinski definition) is 6. The maximum atomic E-state index is 12.9. The lowest BCUT2D eigenvalue weighted by Gasteiger charge is -2.37. The number of halogens is 2. The van der Waals surface area contributed by atoms with Gasteiger partial charge < -0.3 is 10.2 Å². The van der Waals surface area contributed by atoms with Gasteiger partial charge in [0.1, 0.15) is 6.04 Å². The zero-order valence-corrected chi connectivity index (χ0v) is 21.8. The molecule has 0 aliphatic carbocycles. The van der Waals surface area contributed by atoms with Gasteiger partial charge in [0.2, 0.25) is 5.91 Å². The molecular weight excluding hydrogens is 499 g/mol. The largest absolute Gasteiger partial charge is 0.347 e. The van der Waals surface area contributed by atoms with Crippen molar-refractivity contribution in [1.29, 1.82) is 0 Å². The molecule has 4 rings (SSSR count). The van der Waals surface area contributed by atoms with Gasteiger partial charge in [-0.25, -0.2) is 0 Å². The number of hydrogen-bond donors (Lipinski definition) is 2. The number of rotatable bonds is 6. The third-order valence-corrected chi connectivity index (χ3v) is 9.02. The van der Waals surface area contributed by atoms with Crippen molar-refractivity contribution in [2.75, 3.05) is 32.1 Å². The molecule has 0 unspecified atom stereocenters. The van der Waals surface area contributed by atoms with Crippen molar-refractivity contribution in [3.05, 3.63) is 55.7 Å². The van der Waals surface area contributed by atoms with E-state index in [1.165, 1.54) is 11.3 Å². The summed E-state index contributed by atoms with van der Waals surface area (Å²) in [5, 5.41) is 7.38. The fourth-order valence-electron chi connectivity index (χ4n) is 4.07. The second-order valence-corrected chi connectivity index (χ2v) is 12.5. The molecule has 2 aromatic rings. The Morgan fingerprint density at radius 3 is 2.58 bits per heavy atom. The Kier molecular flexibility index (Phi) is 7.93. The van der Waals surface area contributed by atoms with Gasteiger partial charge in [0.15, 0.2) is 0 Å². The number of nitrogens with one attached hydrogen (secondary N) is 2. The summed E-state index contributed by atoms with van der Waals surface area (Å²) in [6.07, 6.45) is 0. The monoisotopic (exact) mass is 526 g/mol. The van der Waals surface area contributed by atoms with Gasteiger partial charge in [-0.15, -0.1) is 23.1 Å². The topological polar surface area (TPSA) is 64.7 Å². The quantitative estimate of drug-likeness (QED) is 0.593. The molecule has 178 valence electrons. The third-order valence-electron chi connectivity index (χ3n) is 6.08. The van der Waals surface area contributed by atoms with E-state index in [9.17, 15) is 9.59 Å². The van der Waals surface area contributed by atoms with E-state index in [1.54, 1.807) is 23.9 Å². The second-order valence-electron chi connectivity index (χ2n) is 8.82. The van der Waals surface area contributed by atoms with Crippen molar-refractivity contribution in [2.24, 2.45) is 0 Å². The lowest BCUT2D eigenvalue weighted by molar-refractivity contribution is -0.135. The van der Waals surface area contributed by atoms with Gasteiger partial charge in [-0.1, -0.05) is 29.3 Å². The minimum absolute atomic E-state index is 0.0684. The van der Waals surface area contributed by atoms with Crippen LogP contribution in [0.25, 0.3) is 0 Å². The van der Waals surface area contributed by atoms with Gasteiger partial charge >= 0.3 is 0 Å². The summed E-state index contributed by atoms with van der Waals surface area (Å²) in [6.45, 7) is 8.53. The van der Waals surface area contributed by atoms with E-state index in [2.05, 4.69) is 29.4 Å². The van der Waals surface area contributed by atoms with Crippen LogP contribution in [-0.4, -0.2) is 64.5 Å². The fourth-order valence-corrected chi connectivity index (χ4v) is 6.48. The van der Waals surface area contributed by atoms with Crippen LogP contribution in [0.15, 0.2) is 30.3 Å². The molecule has 2 amide bonds. The molecule has 33 heavy (non-hydrogen) atoms. The van der Waals surface area contributed by atoms with E-state index < -0.39 is 0 Å². The van der Waals surface area contributed by atoms with Gasteiger partial charge in [0.05, 0.1) is 4.88 Å². The van der Waals surface area contributed by atoms with Crippen molar-refractivity contribution in [2.45, 2.75) is 37.7 Å². The van der Waals surface area contributed by atoms with Crippen molar-refractivity contribution in [3.8, 4) is 0 Å². The molecule has 2 aliphatic rings. The molecule has 0 spiro atoms. The molecule has 2 N–H and O–H groups in total. The van der Waals surface area contributed by atoms with Gasteiger partial charge in [0.25, 0.3) is 5.91 Å². The van der Waals surface area contributed by atoms with E-state index in [0.29, 0.717) is 21.5 Å². The molecule has 2 fully saturated rings.